The third-order valence-corrected chi connectivity index (χ3v) is 2.86. The molecule has 0 aliphatic rings. The number of rotatable bonds is 5. The summed E-state index contributed by atoms with van der Waals surface area (Å²) >= 11 is 0. The Bertz CT molecular complexity index is 659. The average molecular weight is 271 g/mol. The van der Waals surface area contributed by atoms with Crippen LogP contribution in [0.4, 0.5) is 5.69 Å². The summed E-state index contributed by atoms with van der Waals surface area (Å²) in [6.45, 7) is 1.07. The first kappa shape index (κ1) is 13.5. The van der Waals surface area contributed by atoms with Gasteiger partial charge in [-0.05, 0) is 12.1 Å². The van der Waals surface area contributed by atoms with Crippen molar-refractivity contribution in [2.75, 3.05) is 18.5 Å². The molecular weight excluding hydrogens is 258 g/mol. The molecular formula is C13H13N5O2. The summed E-state index contributed by atoms with van der Waals surface area (Å²) in [5.41, 5.74) is 1.35. The molecule has 0 fully saturated rings. The standard InChI is InChI=1S/C13H13N5O2/c1-17(12-5-3-2-4-10(12)8-14)6-7-18-9-11(13(19)20)15-16-18/h2-5,9H,6-7H2,1H3,(H,19,20). The SMILES string of the molecule is CN(CCn1cc(C(=O)O)nn1)c1ccccc1C#N. The largest absolute Gasteiger partial charge is 0.476 e. The van der Waals surface area contributed by atoms with Gasteiger partial charge in [-0.2, -0.15) is 5.26 Å². The predicted molar refractivity (Wildman–Crippen MR) is 71.4 cm³/mol. The Balaban J connectivity index is 2.03. The van der Waals surface area contributed by atoms with E-state index in [4.69, 9.17) is 10.4 Å². The van der Waals surface area contributed by atoms with Crippen LogP contribution in [0.1, 0.15) is 16.1 Å². The van der Waals surface area contributed by atoms with Gasteiger partial charge in [0.2, 0.25) is 0 Å². The van der Waals surface area contributed by atoms with Gasteiger partial charge in [-0.1, -0.05) is 17.3 Å². The minimum Gasteiger partial charge on any atom is -0.476 e. The summed E-state index contributed by atoms with van der Waals surface area (Å²) in [5, 5.41) is 25.1. The summed E-state index contributed by atoms with van der Waals surface area (Å²) in [7, 11) is 1.87. The van der Waals surface area contributed by atoms with Crippen molar-refractivity contribution in [3.63, 3.8) is 0 Å². The van der Waals surface area contributed by atoms with Gasteiger partial charge in [0.15, 0.2) is 5.69 Å². The van der Waals surface area contributed by atoms with Gasteiger partial charge in [0, 0.05) is 13.6 Å². The Morgan fingerprint density at radius 1 is 1.50 bits per heavy atom. The first-order chi connectivity index (χ1) is 9.61. The van der Waals surface area contributed by atoms with Crippen LogP contribution in [0.2, 0.25) is 0 Å². The number of likely N-dealkylation sites (N-methyl/N-ethyl adjacent to an activating group) is 1. The van der Waals surface area contributed by atoms with Crippen molar-refractivity contribution in [2.45, 2.75) is 6.54 Å². The Morgan fingerprint density at radius 2 is 2.25 bits per heavy atom. The molecule has 1 heterocycles. The molecule has 1 N–H and O–H groups in total. The second-order valence-electron chi connectivity index (χ2n) is 4.22. The molecule has 0 unspecified atom stereocenters. The number of nitrogens with zero attached hydrogens (tertiary/aromatic N) is 5. The third-order valence-electron chi connectivity index (χ3n) is 2.86. The van der Waals surface area contributed by atoms with Crippen molar-refractivity contribution in [3.8, 4) is 6.07 Å². The monoisotopic (exact) mass is 271 g/mol. The van der Waals surface area contributed by atoms with E-state index in [-0.39, 0.29) is 5.69 Å². The third kappa shape index (κ3) is 2.92. The zero-order valence-electron chi connectivity index (χ0n) is 10.9. The molecule has 1 aromatic carbocycles. The number of para-hydroxylation sites is 1. The van der Waals surface area contributed by atoms with E-state index in [9.17, 15) is 4.79 Å². The summed E-state index contributed by atoms with van der Waals surface area (Å²) in [6.07, 6.45) is 1.38. The highest BCUT2D eigenvalue weighted by Crippen LogP contribution is 2.17. The normalized spacial score (nSPS) is 10.0. The first-order valence-corrected chi connectivity index (χ1v) is 5.95. The molecule has 1 aromatic heterocycles. The molecule has 0 radical (unpaired) electrons. The summed E-state index contributed by atoms with van der Waals surface area (Å²) < 4.78 is 1.47. The fourth-order valence-corrected chi connectivity index (χ4v) is 1.78. The molecule has 0 aliphatic heterocycles. The van der Waals surface area contributed by atoms with Crippen LogP contribution < -0.4 is 4.90 Å². The summed E-state index contributed by atoms with van der Waals surface area (Å²) in [6, 6.07) is 9.43. The van der Waals surface area contributed by atoms with Crippen molar-refractivity contribution >= 4 is 11.7 Å². The molecule has 0 saturated carbocycles. The molecule has 7 nitrogen and oxygen atoms in total. The highest BCUT2D eigenvalue weighted by atomic mass is 16.4. The van der Waals surface area contributed by atoms with E-state index < -0.39 is 5.97 Å². The molecule has 102 valence electrons. The van der Waals surface area contributed by atoms with Crippen molar-refractivity contribution in [3.05, 3.63) is 41.7 Å². The van der Waals surface area contributed by atoms with Gasteiger partial charge in [-0.3, -0.25) is 0 Å². The van der Waals surface area contributed by atoms with Crippen LogP contribution in [-0.2, 0) is 6.54 Å². The minimum atomic E-state index is -1.10. The van der Waals surface area contributed by atoms with Crippen molar-refractivity contribution in [2.24, 2.45) is 0 Å². The quantitative estimate of drug-likeness (QED) is 0.871. The van der Waals surface area contributed by atoms with E-state index in [0.717, 1.165) is 5.69 Å². The molecule has 7 heteroatoms. The number of aromatic carboxylic acids is 1. The zero-order valence-corrected chi connectivity index (χ0v) is 10.9. The number of aromatic nitrogens is 3. The number of carbonyl (C=O) groups is 1. The molecule has 0 aliphatic carbocycles. The van der Waals surface area contributed by atoms with Gasteiger partial charge >= 0.3 is 5.97 Å². The maximum Gasteiger partial charge on any atom is 0.358 e. The van der Waals surface area contributed by atoms with Crippen LogP contribution in [0.3, 0.4) is 0 Å². The maximum absolute atomic E-state index is 10.7. The number of hydrogen-bond acceptors (Lipinski definition) is 5. The summed E-state index contributed by atoms with van der Waals surface area (Å²) in [4.78, 5) is 12.6. The molecule has 0 bridgehead atoms. The predicted octanol–water partition coefficient (Wildman–Crippen LogP) is 0.984. The van der Waals surface area contributed by atoms with Gasteiger partial charge in [-0.25, -0.2) is 9.48 Å². The van der Waals surface area contributed by atoms with Crippen LogP contribution in [0, 0.1) is 11.3 Å². The van der Waals surface area contributed by atoms with Crippen molar-refractivity contribution < 1.29 is 9.90 Å². The molecule has 0 atom stereocenters. The van der Waals surface area contributed by atoms with Crippen LogP contribution >= 0.6 is 0 Å². The van der Waals surface area contributed by atoms with Gasteiger partial charge in [0.25, 0.3) is 0 Å². The van der Waals surface area contributed by atoms with Crippen LogP contribution in [0.5, 0.6) is 0 Å². The topological polar surface area (TPSA) is 95.0 Å². The number of hydrogen-bond donors (Lipinski definition) is 1. The lowest BCUT2D eigenvalue weighted by molar-refractivity contribution is 0.0690. The Kier molecular flexibility index (Phi) is 3.96. The maximum atomic E-state index is 10.7. The Hall–Kier alpha value is -2.88. The van der Waals surface area contributed by atoms with E-state index in [2.05, 4.69) is 16.4 Å². The van der Waals surface area contributed by atoms with Gasteiger partial charge in [-0.15, -0.1) is 5.10 Å². The van der Waals surface area contributed by atoms with Gasteiger partial charge in [0.1, 0.15) is 6.07 Å². The number of benzene rings is 1. The zero-order chi connectivity index (χ0) is 14.5. The second-order valence-corrected chi connectivity index (χ2v) is 4.22. The molecule has 2 rings (SSSR count). The number of carboxylic acid groups (broad SMARTS) is 1. The average Bonchev–Trinajstić information content (AvgIpc) is 2.94. The smallest absolute Gasteiger partial charge is 0.358 e. The van der Waals surface area contributed by atoms with Crippen LogP contribution in [0.15, 0.2) is 30.5 Å². The fourth-order valence-electron chi connectivity index (χ4n) is 1.78. The van der Waals surface area contributed by atoms with E-state index >= 15 is 0 Å². The van der Waals surface area contributed by atoms with Gasteiger partial charge < -0.3 is 10.0 Å². The van der Waals surface area contributed by atoms with Crippen LogP contribution in [0.25, 0.3) is 0 Å². The highest BCUT2D eigenvalue weighted by Gasteiger charge is 2.10. The first-order valence-electron chi connectivity index (χ1n) is 5.95. The lowest BCUT2D eigenvalue weighted by atomic mass is 10.2. The lowest BCUT2D eigenvalue weighted by Crippen LogP contribution is -2.23. The van der Waals surface area contributed by atoms with E-state index in [0.29, 0.717) is 18.7 Å². The summed E-state index contributed by atoms with van der Waals surface area (Å²) in [5.74, 6) is -1.10. The van der Waals surface area contributed by atoms with Gasteiger partial charge in [0.05, 0.1) is 24.0 Å². The lowest BCUT2D eigenvalue weighted by Gasteiger charge is -2.20. The Labute approximate surface area is 115 Å². The highest BCUT2D eigenvalue weighted by molar-refractivity contribution is 5.84. The Morgan fingerprint density at radius 3 is 2.90 bits per heavy atom. The molecule has 0 amide bonds. The van der Waals surface area contributed by atoms with E-state index in [1.165, 1.54) is 10.9 Å². The van der Waals surface area contributed by atoms with Crippen molar-refractivity contribution in [1.29, 1.82) is 5.26 Å². The number of anilines is 1. The van der Waals surface area contributed by atoms with E-state index in [1.54, 1.807) is 6.07 Å². The fraction of sp³-hybridized carbons (Fsp3) is 0.231. The molecule has 20 heavy (non-hydrogen) atoms. The molecule has 2 aromatic rings. The number of carboxylic acids is 1. The van der Waals surface area contributed by atoms with Crippen molar-refractivity contribution in [1.82, 2.24) is 15.0 Å². The van der Waals surface area contributed by atoms with E-state index in [1.807, 2.05) is 30.1 Å². The molecule has 0 saturated heterocycles. The second kappa shape index (κ2) is 5.84. The molecule has 0 spiro atoms. The number of nitriles is 1. The minimum absolute atomic E-state index is 0.0786. The van der Waals surface area contributed by atoms with Crippen LogP contribution in [-0.4, -0.2) is 39.7 Å².